The fourth-order valence-electron chi connectivity index (χ4n) is 3.31. The summed E-state index contributed by atoms with van der Waals surface area (Å²) in [4.78, 5) is 6.73. The van der Waals surface area contributed by atoms with Gasteiger partial charge in [0.1, 0.15) is 0 Å². The second-order valence-corrected chi connectivity index (χ2v) is 6.22. The molecule has 22 heavy (non-hydrogen) atoms. The van der Waals surface area contributed by atoms with Gasteiger partial charge in [-0.3, -0.25) is 9.89 Å². The monoisotopic (exact) mass is 422 g/mol. The summed E-state index contributed by atoms with van der Waals surface area (Å²) >= 11 is 0. The lowest BCUT2D eigenvalue weighted by Crippen LogP contribution is -2.49. The highest BCUT2D eigenvalue weighted by molar-refractivity contribution is 14.0. The van der Waals surface area contributed by atoms with E-state index in [1.165, 1.54) is 0 Å². The second-order valence-electron chi connectivity index (χ2n) is 6.22. The minimum atomic E-state index is -0.141. The molecule has 0 amide bonds. The van der Waals surface area contributed by atoms with Gasteiger partial charge in [-0.15, -0.1) is 30.6 Å². The van der Waals surface area contributed by atoms with Gasteiger partial charge in [-0.1, -0.05) is 12.5 Å². The summed E-state index contributed by atoms with van der Waals surface area (Å²) < 4.78 is 0. The molecule has 1 aliphatic carbocycles. The van der Waals surface area contributed by atoms with Gasteiger partial charge in [-0.2, -0.15) is 0 Å². The zero-order valence-electron chi connectivity index (χ0n) is 13.6. The molecular weight excluding hydrogens is 391 g/mol. The van der Waals surface area contributed by atoms with Crippen LogP contribution in [0.1, 0.15) is 32.1 Å². The fourth-order valence-corrected chi connectivity index (χ4v) is 3.31. The van der Waals surface area contributed by atoms with Gasteiger partial charge in [0.15, 0.2) is 5.96 Å². The topological polar surface area (TPSA) is 59.9 Å². The molecule has 0 aromatic heterocycles. The van der Waals surface area contributed by atoms with Crippen LogP contribution >= 0.6 is 24.0 Å². The largest absolute Gasteiger partial charge is 0.393 e. The number of aliphatic hydroxyl groups is 1. The zero-order valence-corrected chi connectivity index (χ0v) is 16.0. The molecule has 0 spiro atoms. The maximum absolute atomic E-state index is 9.86. The molecule has 2 unspecified atom stereocenters. The van der Waals surface area contributed by atoms with Gasteiger partial charge >= 0.3 is 0 Å². The molecule has 0 bridgehead atoms. The molecule has 1 saturated carbocycles. The molecule has 2 fully saturated rings. The zero-order chi connectivity index (χ0) is 15.1. The van der Waals surface area contributed by atoms with Crippen molar-refractivity contribution >= 4 is 29.9 Å². The summed E-state index contributed by atoms with van der Waals surface area (Å²) in [6.45, 7) is 7.82. The highest BCUT2D eigenvalue weighted by Crippen LogP contribution is 2.24. The number of guanidine groups is 1. The number of nitrogens with one attached hydrogen (secondary N) is 2. The number of aliphatic hydroxyl groups excluding tert-OH is 1. The molecule has 1 heterocycles. The van der Waals surface area contributed by atoms with Crippen molar-refractivity contribution in [1.29, 1.82) is 0 Å². The fraction of sp³-hybridized carbons (Fsp3) is 0.812. The Kier molecular flexibility index (Phi) is 9.35. The van der Waals surface area contributed by atoms with Crippen LogP contribution in [0, 0.1) is 5.92 Å². The third kappa shape index (κ3) is 6.04. The van der Waals surface area contributed by atoms with Crippen molar-refractivity contribution in [3.05, 3.63) is 12.7 Å². The third-order valence-electron chi connectivity index (χ3n) is 4.69. The van der Waals surface area contributed by atoms with Gasteiger partial charge in [0, 0.05) is 45.2 Å². The van der Waals surface area contributed by atoms with Gasteiger partial charge in [-0.05, 0) is 25.7 Å². The van der Waals surface area contributed by atoms with Gasteiger partial charge < -0.3 is 15.7 Å². The first-order valence-corrected chi connectivity index (χ1v) is 8.21. The van der Waals surface area contributed by atoms with E-state index in [4.69, 9.17) is 0 Å². The van der Waals surface area contributed by atoms with Crippen molar-refractivity contribution in [3.8, 4) is 0 Å². The van der Waals surface area contributed by atoms with Crippen LogP contribution in [0.5, 0.6) is 0 Å². The van der Waals surface area contributed by atoms with Crippen molar-refractivity contribution in [3.63, 3.8) is 0 Å². The second kappa shape index (κ2) is 10.4. The van der Waals surface area contributed by atoms with Crippen molar-refractivity contribution in [1.82, 2.24) is 15.5 Å². The summed E-state index contributed by atoms with van der Waals surface area (Å²) in [5.41, 5.74) is 0. The van der Waals surface area contributed by atoms with Crippen molar-refractivity contribution in [2.45, 2.75) is 44.2 Å². The Morgan fingerprint density at radius 1 is 1.32 bits per heavy atom. The predicted molar refractivity (Wildman–Crippen MR) is 103 cm³/mol. The van der Waals surface area contributed by atoms with Crippen molar-refractivity contribution in [2.24, 2.45) is 10.9 Å². The highest BCUT2D eigenvalue weighted by Gasteiger charge is 2.25. The summed E-state index contributed by atoms with van der Waals surface area (Å²) in [6.07, 6.45) is 7.31. The maximum Gasteiger partial charge on any atom is 0.191 e. The third-order valence-corrected chi connectivity index (χ3v) is 4.69. The lowest BCUT2D eigenvalue weighted by molar-refractivity contribution is 0.134. The Hall–Kier alpha value is -0.340. The lowest BCUT2D eigenvalue weighted by atomic mass is 10.1. The molecule has 2 atom stereocenters. The number of hydrogen-bond donors (Lipinski definition) is 3. The molecule has 6 heteroatoms. The number of piperidine rings is 1. The van der Waals surface area contributed by atoms with Crippen molar-refractivity contribution in [2.75, 3.05) is 33.2 Å². The Bertz CT molecular complexity index is 356. The first kappa shape index (κ1) is 19.7. The van der Waals surface area contributed by atoms with Crippen molar-refractivity contribution < 1.29 is 5.11 Å². The van der Waals surface area contributed by atoms with E-state index in [1.54, 1.807) is 0 Å². The summed E-state index contributed by atoms with van der Waals surface area (Å²) in [5.74, 6) is 1.24. The summed E-state index contributed by atoms with van der Waals surface area (Å²) in [6, 6.07) is 0.491. The van der Waals surface area contributed by atoms with Gasteiger partial charge in [0.25, 0.3) is 0 Å². The molecule has 2 aliphatic rings. The average Bonchev–Trinajstić information content (AvgIpc) is 2.91. The van der Waals surface area contributed by atoms with Crippen LogP contribution in [-0.2, 0) is 0 Å². The van der Waals surface area contributed by atoms with Crippen LogP contribution < -0.4 is 10.6 Å². The Labute approximate surface area is 151 Å². The standard InChI is InChI=1S/C16H30N4O.HI/c1-3-9-20-10-7-14(8-11-20)19-16(17-2)18-12-13-5-4-6-15(13)21;/h3,13-15,21H,1,4-12H2,2H3,(H2,17,18,19);1H. The van der Waals surface area contributed by atoms with Gasteiger partial charge in [0.2, 0.25) is 0 Å². The highest BCUT2D eigenvalue weighted by atomic mass is 127. The quantitative estimate of drug-likeness (QED) is 0.273. The van der Waals surface area contributed by atoms with E-state index in [0.29, 0.717) is 12.0 Å². The molecule has 2 rings (SSSR count). The molecule has 128 valence electrons. The van der Waals surface area contributed by atoms with Crippen LogP contribution in [-0.4, -0.2) is 61.3 Å². The number of aliphatic imine (C=N–C) groups is 1. The number of halogens is 1. The summed E-state index contributed by atoms with van der Waals surface area (Å²) in [5, 5.41) is 16.7. The Morgan fingerprint density at radius 2 is 2.05 bits per heavy atom. The van der Waals surface area contributed by atoms with E-state index >= 15 is 0 Å². The number of nitrogens with zero attached hydrogens (tertiary/aromatic N) is 2. The van der Waals surface area contributed by atoms with E-state index in [1.807, 2.05) is 13.1 Å². The first-order chi connectivity index (χ1) is 10.2. The van der Waals surface area contributed by atoms with Crippen LogP contribution in [0.15, 0.2) is 17.6 Å². The minimum absolute atomic E-state index is 0. The normalized spacial score (nSPS) is 27.3. The lowest BCUT2D eigenvalue weighted by Gasteiger charge is -2.32. The molecule has 5 nitrogen and oxygen atoms in total. The molecule has 1 aliphatic heterocycles. The van der Waals surface area contributed by atoms with E-state index in [-0.39, 0.29) is 30.1 Å². The van der Waals surface area contributed by atoms with Gasteiger partial charge in [0.05, 0.1) is 6.10 Å². The number of likely N-dealkylation sites (tertiary alicyclic amines) is 1. The smallest absolute Gasteiger partial charge is 0.191 e. The SMILES string of the molecule is C=CCN1CCC(NC(=NC)NCC2CCCC2O)CC1.I. The molecule has 0 aromatic rings. The molecule has 1 saturated heterocycles. The molecule has 0 aromatic carbocycles. The van der Waals surface area contributed by atoms with E-state index in [2.05, 4.69) is 27.1 Å². The van der Waals surface area contributed by atoms with Gasteiger partial charge in [-0.25, -0.2) is 0 Å². The maximum atomic E-state index is 9.86. The van der Waals surface area contributed by atoms with Crippen LogP contribution in [0.2, 0.25) is 0 Å². The minimum Gasteiger partial charge on any atom is -0.393 e. The Balaban J connectivity index is 0.00000242. The van der Waals surface area contributed by atoms with E-state index in [9.17, 15) is 5.11 Å². The summed E-state index contributed by atoms with van der Waals surface area (Å²) in [7, 11) is 1.81. The molecule has 0 radical (unpaired) electrons. The Morgan fingerprint density at radius 3 is 2.59 bits per heavy atom. The van der Waals surface area contributed by atoms with E-state index < -0.39 is 0 Å². The average molecular weight is 422 g/mol. The molecular formula is C16H31IN4O. The first-order valence-electron chi connectivity index (χ1n) is 8.21. The van der Waals surface area contributed by atoms with Crippen LogP contribution in [0.3, 0.4) is 0 Å². The van der Waals surface area contributed by atoms with Crippen LogP contribution in [0.4, 0.5) is 0 Å². The van der Waals surface area contributed by atoms with E-state index in [0.717, 1.165) is 64.2 Å². The van der Waals surface area contributed by atoms with Crippen LogP contribution in [0.25, 0.3) is 0 Å². The number of rotatable bonds is 5. The molecule has 3 N–H and O–H groups in total. The predicted octanol–water partition coefficient (Wildman–Crippen LogP) is 1.58. The number of hydrogen-bond acceptors (Lipinski definition) is 3.